The van der Waals surface area contributed by atoms with E-state index >= 15 is 0 Å². The van der Waals surface area contributed by atoms with Crippen LogP contribution in [-0.4, -0.2) is 24.0 Å². The SMILES string of the molecule is CC1CCc2ccccc2N1CCCCC(C)(N)C(N)=O. The standard InChI is InChI=1S/C17H27N3O/c1-13-9-10-14-7-3-4-8-15(14)20(13)12-6-5-11-17(2,19)16(18)21/h3-4,7-8,13H,5-6,9-12,19H2,1-2H3,(H2,18,21). The van der Waals surface area contributed by atoms with Gasteiger partial charge in [-0.05, 0) is 57.6 Å². The third-order valence-electron chi connectivity index (χ3n) is 4.57. The predicted molar refractivity (Wildman–Crippen MR) is 87.2 cm³/mol. The molecule has 2 atom stereocenters. The monoisotopic (exact) mass is 289 g/mol. The molecule has 4 N–H and O–H groups in total. The first kappa shape index (κ1) is 15.8. The summed E-state index contributed by atoms with van der Waals surface area (Å²) in [5.41, 5.74) is 13.1. The number of carbonyl (C=O) groups is 1. The predicted octanol–water partition coefficient (Wildman–Crippen LogP) is 2.20. The molecule has 0 aromatic heterocycles. The van der Waals surface area contributed by atoms with Crippen LogP contribution in [0.15, 0.2) is 24.3 Å². The quantitative estimate of drug-likeness (QED) is 0.789. The minimum atomic E-state index is -0.884. The molecule has 0 saturated carbocycles. The van der Waals surface area contributed by atoms with Crippen LogP contribution in [0.4, 0.5) is 5.69 Å². The number of carbonyl (C=O) groups excluding carboxylic acids is 1. The fourth-order valence-electron chi connectivity index (χ4n) is 3.00. The molecule has 4 heteroatoms. The van der Waals surface area contributed by atoms with E-state index in [0.717, 1.165) is 25.8 Å². The first-order valence-electron chi connectivity index (χ1n) is 7.85. The number of primary amides is 1. The van der Waals surface area contributed by atoms with Gasteiger partial charge >= 0.3 is 0 Å². The van der Waals surface area contributed by atoms with Gasteiger partial charge in [-0.25, -0.2) is 0 Å². The summed E-state index contributed by atoms with van der Waals surface area (Å²) in [6, 6.07) is 9.22. The van der Waals surface area contributed by atoms with E-state index in [4.69, 9.17) is 11.5 Å². The third kappa shape index (κ3) is 3.76. The van der Waals surface area contributed by atoms with E-state index in [2.05, 4.69) is 36.1 Å². The second kappa shape index (κ2) is 6.48. The Hall–Kier alpha value is -1.55. The molecule has 4 nitrogen and oxygen atoms in total. The molecule has 0 aliphatic carbocycles. The van der Waals surface area contributed by atoms with E-state index in [0.29, 0.717) is 12.5 Å². The van der Waals surface area contributed by atoms with Crippen molar-refractivity contribution in [2.45, 2.75) is 57.5 Å². The first-order chi connectivity index (χ1) is 9.92. The number of aryl methyl sites for hydroxylation is 1. The van der Waals surface area contributed by atoms with Gasteiger partial charge in [0.2, 0.25) is 5.91 Å². The zero-order valence-corrected chi connectivity index (χ0v) is 13.1. The van der Waals surface area contributed by atoms with Gasteiger partial charge < -0.3 is 16.4 Å². The van der Waals surface area contributed by atoms with Gasteiger partial charge in [0.1, 0.15) is 0 Å². The molecular weight excluding hydrogens is 262 g/mol. The number of rotatable bonds is 6. The van der Waals surface area contributed by atoms with E-state index in [9.17, 15) is 4.79 Å². The Labute approximate surface area is 127 Å². The van der Waals surface area contributed by atoms with Crippen molar-refractivity contribution >= 4 is 11.6 Å². The maximum Gasteiger partial charge on any atom is 0.237 e. The summed E-state index contributed by atoms with van der Waals surface area (Å²) in [4.78, 5) is 13.7. The van der Waals surface area contributed by atoms with Crippen LogP contribution in [0.5, 0.6) is 0 Å². The molecule has 0 radical (unpaired) electrons. The van der Waals surface area contributed by atoms with Crippen LogP contribution in [0.25, 0.3) is 0 Å². The molecule has 1 aliphatic heterocycles. The highest BCUT2D eigenvalue weighted by molar-refractivity contribution is 5.83. The lowest BCUT2D eigenvalue weighted by molar-refractivity contribution is -0.122. The lowest BCUT2D eigenvalue weighted by Crippen LogP contribution is -2.49. The van der Waals surface area contributed by atoms with E-state index in [1.165, 1.54) is 17.7 Å². The smallest absolute Gasteiger partial charge is 0.237 e. The van der Waals surface area contributed by atoms with Crippen molar-refractivity contribution in [3.05, 3.63) is 29.8 Å². The number of nitrogens with two attached hydrogens (primary N) is 2. The van der Waals surface area contributed by atoms with Crippen LogP contribution in [0.1, 0.15) is 45.1 Å². The van der Waals surface area contributed by atoms with Gasteiger partial charge in [-0.15, -0.1) is 0 Å². The van der Waals surface area contributed by atoms with E-state index < -0.39 is 11.4 Å². The number of hydrogen-bond acceptors (Lipinski definition) is 3. The summed E-state index contributed by atoms with van der Waals surface area (Å²) in [5.74, 6) is -0.417. The minimum Gasteiger partial charge on any atom is -0.369 e. The van der Waals surface area contributed by atoms with Crippen LogP contribution in [0, 0.1) is 0 Å². The minimum absolute atomic E-state index is 0.417. The molecule has 21 heavy (non-hydrogen) atoms. The molecule has 0 saturated heterocycles. The fraction of sp³-hybridized carbons (Fsp3) is 0.588. The summed E-state index contributed by atoms with van der Waals surface area (Å²) in [7, 11) is 0. The Balaban J connectivity index is 1.90. The largest absolute Gasteiger partial charge is 0.369 e. The molecule has 1 aliphatic rings. The summed E-state index contributed by atoms with van der Waals surface area (Å²) in [5, 5.41) is 0. The van der Waals surface area contributed by atoms with E-state index in [-0.39, 0.29) is 0 Å². The molecular formula is C17H27N3O. The second-order valence-electron chi connectivity index (χ2n) is 6.45. The van der Waals surface area contributed by atoms with Crippen molar-refractivity contribution in [2.24, 2.45) is 11.5 Å². The highest BCUT2D eigenvalue weighted by Crippen LogP contribution is 2.30. The van der Waals surface area contributed by atoms with Crippen molar-refractivity contribution in [1.29, 1.82) is 0 Å². The van der Waals surface area contributed by atoms with Crippen molar-refractivity contribution < 1.29 is 4.79 Å². The maximum atomic E-state index is 11.2. The van der Waals surface area contributed by atoms with Crippen LogP contribution < -0.4 is 16.4 Å². The number of fused-ring (bicyclic) bond motifs is 1. The summed E-state index contributed by atoms with van der Waals surface area (Å²) in [6.07, 6.45) is 4.95. The third-order valence-corrected chi connectivity index (χ3v) is 4.57. The van der Waals surface area contributed by atoms with Gasteiger partial charge in [-0.1, -0.05) is 18.2 Å². The normalized spacial score (nSPS) is 20.7. The van der Waals surface area contributed by atoms with Crippen LogP contribution >= 0.6 is 0 Å². The Morgan fingerprint density at radius 2 is 2.10 bits per heavy atom. The number of unbranched alkanes of at least 4 members (excludes halogenated alkanes) is 1. The molecule has 1 amide bonds. The molecule has 0 spiro atoms. The zero-order valence-electron chi connectivity index (χ0n) is 13.1. The molecule has 2 unspecified atom stereocenters. The number of nitrogens with zero attached hydrogens (tertiary/aromatic N) is 1. The van der Waals surface area contributed by atoms with Crippen molar-refractivity contribution in [3.63, 3.8) is 0 Å². The Morgan fingerprint density at radius 3 is 2.81 bits per heavy atom. The Kier molecular flexibility index (Phi) is 4.88. The van der Waals surface area contributed by atoms with Gasteiger partial charge in [0, 0.05) is 18.3 Å². The number of anilines is 1. The molecule has 116 valence electrons. The molecule has 1 aromatic carbocycles. The van der Waals surface area contributed by atoms with Gasteiger partial charge in [-0.2, -0.15) is 0 Å². The first-order valence-corrected chi connectivity index (χ1v) is 7.85. The fourth-order valence-corrected chi connectivity index (χ4v) is 3.00. The van der Waals surface area contributed by atoms with Crippen LogP contribution in [0.2, 0.25) is 0 Å². The van der Waals surface area contributed by atoms with E-state index in [1.54, 1.807) is 6.92 Å². The number of amides is 1. The summed E-state index contributed by atoms with van der Waals surface area (Å²) in [6.45, 7) is 5.01. The Bertz CT molecular complexity index is 499. The maximum absolute atomic E-state index is 11.2. The lowest BCUT2D eigenvalue weighted by atomic mass is 9.94. The molecule has 0 fully saturated rings. The Morgan fingerprint density at radius 1 is 1.38 bits per heavy atom. The van der Waals surface area contributed by atoms with Gasteiger partial charge in [0.25, 0.3) is 0 Å². The van der Waals surface area contributed by atoms with Crippen LogP contribution in [-0.2, 0) is 11.2 Å². The summed E-state index contributed by atoms with van der Waals surface area (Å²) < 4.78 is 0. The van der Waals surface area contributed by atoms with E-state index in [1.807, 2.05) is 0 Å². The van der Waals surface area contributed by atoms with Crippen LogP contribution in [0.3, 0.4) is 0 Å². The highest BCUT2D eigenvalue weighted by Gasteiger charge is 2.26. The van der Waals surface area contributed by atoms with Crippen molar-refractivity contribution in [3.8, 4) is 0 Å². The highest BCUT2D eigenvalue weighted by atomic mass is 16.1. The number of hydrogen-bond donors (Lipinski definition) is 2. The molecule has 2 rings (SSSR count). The van der Waals surface area contributed by atoms with Crippen molar-refractivity contribution in [1.82, 2.24) is 0 Å². The second-order valence-corrected chi connectivity index (χ2v) is 6.45. The van der Waals surface area contributed by atoms with Crippen molar-refractivity contribution in [2.75, 3.05) is 11.4 Å². The molecule has 1 aromatic rings. The van der Waals surface area contributed by atoms with Gasteiger partial charge in [0.15, 0.2) is 0 Å². The average molecular weight is 289 g/mol. The zero-order chi connectivity index (χ0) is 15.5. The number of benzene rings is 1. The number of para-hydroxylation sites is 1. The van der Waals surface area contributed by atoms with Gasteiger partial charge in [-0.3, -0.25) is 4.79 Å². The lowest BCUT2D eigenvalue weighted by Gasteiger charge is -2.37. The average Bonchev–Trinajstić information content (AvgIpc) is 2.45. The molecule has 1 heterocycles. The summed E-state index contributed by atoms with van der Waals surface area (Å²) >= 11 is 0. The topological polar surface area (TPSA) is 72.3 Å². The van der Waals surface area contributed by atoms with Gasteiger partial charge in [0.05, 0.1) is 5.54 Å². The molecule has 0 bridgehead atoms.